The highest BCUT2D eigenvalue weighted by atomic mass is 19.4. The van der Waals surface area contributed by atoms with Crippen LogP contribution in [0.5, 0.6) is 0 Å². The van der Waals surface area contributed by atoms with Gasteiger partial charge < -0.3 is 9.73 Å². The van der Waals surface area contributed by atoms with Crippen molar-refractivity contribution in [1.29, 1.82) is 0 Å². The number of amides is 4. The number of urea groups is 1. The minimum absolute atomic E-state index is 0.118. The standard InChI is InChI=1S/C17H14F3N3O4/c18-17(19,20)16(21-13(24)9-11-5-2-1-3-6-11)14(25)23(15(26)22-16)10-12-7-4-8-27-12/h1-8H,9-10H2,(H,21,24)(H,22,26)/t16-/m0/s1. The van der Waals surface area contributed by atoms with Crippen LogP contribution in [0.15, 0.2) is 53.1 Å². The molecule has 1 aliphatic heterocycles. The lowest BCUT2D eigenvalue weighted by Gasteiger charge is -2.29. The summed E-state index contributed by atoms with van der Waals surface area (Å²) in [6, 6.07) is 9.62. The smallest absolute Gasteiger partial charge is 0.440 e. The topological polar surface area (TPSA) is 91.7 Å². The SMILES string of the molecule is O=C(Cc1ccccc1)N[C@]1(C(F)(F)F)NC(=O)N(Cc2ccco2)C1=O. The molecule has 1 atom stereocenters. The lowest BCUT2D eigenvalue weighted by Crippen LogP contribution is -2.69. The highest BCUT2D eigenvalue weighted by Gasteiger charge is 2.68. The number of nitrogens with one attached hydrogen (secondary N) is 2. The van der Waals surface area contributed by atoms with Crippen LogP contribution in [-0.2, 0) is 22.6 Å². The fraction of sp³-hybridized carbons (Fsp3) is 0.235. The molecule has 4 amide bonds. The van der Waals surface area contributed by atoms with Gasteiger partial charge in [0.05, 0.1) is 19.2 Å². The molecule has 0 bridgehead atoms. The molecule has 2 N–H and O–H groups in total. The molecule has 0 unspecified atom stereocenters. The number of alkyl halides is 3. The predicted octanol–water partition coefficient (Wildman–Crippen LogP) is 1.95. The third-order valence-electron chi connectivity index (χ3n) is 3.96. The van der Waals surface area contributed by atoms with Crippen molar-refractivity contribution >= 4 is 17.8 Å². The van der Waals surface area contributed by atoms with Crippen molar-refractivity contribution in [3.63, 3.8) is 0 Å². The summed E-state index contributed by atoms with van der Waals surface area (Å²) in [5.74, 6) is -2.57. The molecule has 0 radical (unpaired) electrons. The first-order valence-electron chi connectivity index (χ1n) is 7.81. The number of hydrogen-bond donors (Lipinski definition) is 2. The van der Waals surface area contributed by atoms with E-state index in [1.165, 1.54) is 18.4 Å². The molecule has 1 aromatic heterocycles. The molecule has 1 aliphatic rings. The molecule has 0 spiro atoms. The van der Waals surface area contributed by atoms with Gasteiger partial charge in [-0.1, -0.05) is 30.3 Å². The van der Waals surface area contributed by atoms with E-state index in [4.69, 9.17) is 4.42 Å². The molecular formula is C17H14F3N3O4. The average Bonchev–Trinajstić information content (AvgIpc) is 3.18. The van der Waals surface area contributed by atoms with Gasteiger partial charge in [0.2, 0.25) is 5.91 Å². The molecule has 27 heavy (non-hydrogen) atoms. The van der Waals surface area contributed by atoms with Gasteiger partial charge >= 0.3 is 12.2 Å². The van der Waals surface area contributed by atoms with Crippen molar-refractivity contribution in [2.24, 2.45) is 0 Å². The van der Waals surface area contributed by atoms with Gasteiger partial charge in [-0.25, -0.2) is 4.79 Å². The van der Waals surface area contributed by atoms with Crippen LogP contribution in [0, 0.1) is 0 Å². The number of carbonyl (C=O) groups is 3. The number of hydrogen-bond acceptors (Lipinski definition) is 4. The number of nitrogens with zero attached hydrogens (tertiary/aromatic N) is 1. The molecule has 1 aromatic carbocycles. The van der Waals surface area contributed by atoms with Crippen LogP contribution >= 0.6 is 0 Å². The molecule has 3 rings (SSSR count). The Balaban J connectivity index is 1.84. The predicted molar refractivity (Wildman–Crippen MR) is 84.9 cm³/mol. The summed E-state index contributed by atoms with van der Waals surface area (Å²) in [5.41, 5.74) is -3.07. The molecule has 0 saturated carbocycles. The van der Waals surface area contributed by atoms with Crippen molar-refractivity contribution in [3.05, 3.63) is 60.1 Å². The normalized spacial score (nSPS) is 19.9. The second-order valence-electron chi connectivity index (χ2n) is 5.86. The quantitative estimate of drug-likeness (QED) is 0.775. The van der Waals surface area contributed by atoms with Crippen LogP contribution in [0.3, 0.4) is 0 Å². The zero-order valence-corrected chi connectivity index (χ0v) is 13.7. The first-order valence-corrected chi connectivity index (χ1v) is 7.81. The zero-order chi connectivity index (χ0) is 19.7. The highest BCUT2D eigenvalue weighted by Crippen LogP contribution is 2.34. The van der Waals surface area contributed by atoms with Crippen LogP contribution < -0.4 is 10.6 Å². The van der Waals surface area contributed by atoms with E-state index in [9.17, 15) is 27.6 Å². The van der Waals surface area contributed by atoms with E-state index >= 15 is 0 Å². The fourth-order valence-corrected chi connectivity index (χ4v) is 2.66. The van der Waals surface area contributed by atoms with Crippen LogP contribution in [-0.4, -0.2) is 34.6 Å². The van der Waals surface area contributed by atoms with Gasteiger partial charge in [-0.2, -0.15) is 13.2 Å². The van der Waals surface area contributed by atoms with Gasteiger partial charge in [-0.05, 0) is 17.7 Å². The Labute approximate surface area is 151 Å². The van der Waals surface area contributed by atoms with E-state index in [2.05, 4.69) is 0 Å². The van der Waals surface area contributed by atoms with E-state index < -0.39 is 36.2 Å². The average molecular weight is 381 g/mol. The summed E-state index contributed by atoms with van der Waals surface area (Å²) in [4.78, 5) is 37.0. The molecule has 1 saturated heterocycles. The molecule has 2 heterocycles. The maximum absolute atomic E-state index is 13.7. The molecule has 10 heteroatoms. The Morgan fingerprint density at radius 1 is 1.15 bits per heavy atom. The fourth-order valence-electron chi connectivity index (χ4n) is 2.66. The summed E-state index contributed by atoms with van der Waals surface area (Å²) in [7, 11) is 0. The number of benzene rings is 1. The number of rotatable bonds is 5. The van der Waals surface area contributed by atoms with Gasteiger partial charge in [0.1, 0.15) is 5.76 Å². The van der Waals surface area contributed by atoms with Crippen LogP contribution in [0.2, 0.25) is 0 Å². The third kappa shape index (κ3) is 3.50. The van der Waals surface area contributed by atoms with Gasteiger partial charge in [-0.15, -0.1) is 0 Å². The molecule has 7 nitrogen and oxygen atoms in total. The summed E-state index contributed by atoms with van der Waals surface area (Å²) in [6.45, 7) is -0.496. The van der Waals surface area contributed by atoms with Crippen LogP contribution in [0.4, 0.5) is 18.0 Å². The number of halogens is 3. The highest BCUT2D eigenvalue weighted by molar-refractivity contribution is 6.08. The Morgan fingerprint density at radius 3 is 2.44 bits per heavy atom. The van der Waals surface area contributed by atoms with Gasteiger partial charge in [0, 0.05) is 0 Å². The second kappa shape index (κ2) is 6.78. The van der Waals surface area contributed by atoms with Gasteiger partial charge in [0.15, 0.2) is 0 Å². The van der Waals surface area contributed by atoms with E-state index in [0.29, 0.717) is 10.5 Å². The molecule has 1 fully saturated rings. The van der Waals surface area contributed by atoms with Gasteiger partial charge in [0.25, 0.3) is 11.6 Å². The first-order chi connectivity index (χ1) is 12.7. The summed E-state index contributed by atoms with van der Waals surface area (Å²) >= 11 is 0. The minimum Gasteiger partial charge on any atom is -0.467 e. The van der Waals surface area contributed by atoms with Crippen LogP contribution in [0.1, 0.15) is 11.3 Å². The lowest BCUT2D eigenvalue weighted by atomic mass is 10.1. The number of imide groups is 1. The monoisotopic (exact) mass is 381 g/mol. The van der Waals surface area contributed by atoms with Crippen LogP contribution in [0.25, 0.3) is 0 Å². The Morgan fingerprint density at radius 2 is 1.85 bits per heavy atom. The van der Waals surface area contributed by atoms with Gasteiger partial charge in [-0.3, -0.25) is 19.8 Å². The van der Waals surface area contributed by atoms with E-state index in [1.54, 1.807) is 41.0 Å². The number of furan rings is 1. The van der Waals surface area contributed by atoms with Crippen molar-refractivity contribution in [3.8, 4) is 0 Å². The minimum atomic E-state index is -5.25. The maximum atomic E-state index is 13.7. The van der Waals surface area contributed by atoms with E-state index in [0.717, 1.165) is 0 Å². The molecule has 0 aliphatic carbocycles. The van der Waals surface area contributed by atoms with Crippen molar-refractivity contribution in [2.75, 3.05) is 0 Å². The summed E-state index contributed by atoms with van der Waals surface area (Å²) < 4.78 is 46.0. The Kier molecular flexibility index (Phi) is 4.64. The summed E-state index contributed by atoms with van der Waals surface area (Å²) in [5, 5.41) is 3.23. The molecule has 2 aromatic rings. The Bertz CT molecular complexity index is 852. The Hall–Kier alpha value is -3.30. The van der Waals surface area contributed by atoms with E-state index in [1.807, 2.05) is 0 Å². The van der Waals surface area contributed by atoms with E-state index in [-0.39, 0.29) is 12.2 Å². The zero-order valence-electron chi connectivity index (χ0n) is 13.7. The molecule has 142 valence electrons. The lowest BCUT2D eigenvalue weighted by molar-refractivity contribution is -0.204. The van der Waals surface area contributed by atoms with Crippen molar-refractivity contribution in [1.82, 2.24) is 15.5 Å². The third-order valence-corrected chi connectivity index (χ3v) is 3.96. The van der Waals surface area contributed by atoms with Crippen molar-refractivity contribution in [2.45, 2.75) is 24.8 Å². The summed E-state index contributed by atoms with van der Waals surface area (Å²) in [6.07, 6.45) is -4.38. The maximum Gasteiger partial charge on any atom is 0.440 e. The van der Waals surface area contributed by atoms with Crippen molar-refractivity contribution < 1.29 is 32.0 Å². The first kappa shape index (κ1) is 18.5. The number of carbonyl (C=O) groups excluding carboxylic acids is 3. The largest absolute Gasteiger partial charge is 0.467 e. The molecular weight excluding hydrogens is 367 g/mol. The second-order valence-corrected chi connectivity index (χ2v) is 5.86.